The summed E-state index contributed by atoms with van der Waals surface area (Å²) in [6.07, 6.45) is 2.06. The molecule has 0 spiro atoms. The number of para-hydroxylation sites is 1. The Morgan fingerprint density at radius 3 is 2.59 bits per heavy atom. The van der Waals surface area contributed by atoms with Gasteiger partial charge < -0.3 is 20.7 Å². The van der Waals surface area contributed by atoms with Crippen LogP contribution in [0.2, 0.25) is 0 Å². The van der Waals surface area contributed by atoms with E-state index in [9.17, 15) is 23.2 Å². The van der Waals surface area contributed by atoms with Crippen LogP contribution in [-0.2, 0) is 11.3 Å². The molecular weight excluding hydrogens is 485 g/mol. The van der Waals surface area contributed by atoms with E-state index in [0.717, 1.165) is 32.1 Å². The molecule has 4 aliphatic carbocycles. The van der Waals surface area contributed by atoms with E-state index in [-0.39, 0.29) is 35.6 Å². The van der Waals surface area contributed by atoms with Gasteiger partial charge in [-0.05, 0) is 61.3 Å². The first kappa shape index (κ1) is 25.1. The van der Waals surface area contributed by atoms with E-state index >= 15 is 0 Å². The minimum Gasteiger partial charge on any atom is -0.405 e. The van der Waals surface area contributed by atoms with Crippen molar-refractivity contribution in [2.24, 2.45) is 23.2 Å². The van der Waals surface area contributed by atoms with Crippen LogP contribution in [0.4, 0.5) is 24.9 Å². The fourth-order valence-electron chi connectivity index (χ4n) is 6.88. The number of benzene rings is 1. The number of nitrogens with one attached hydrogen (secondary N) is 3. The average Bonchev–Trinajstić information content (AvgIpc) is 2.83. The van der Waals surface area contributed by atoms with Gasteiger partial charge in [0.25, 0.3) is 0 Å². The summed E-state index contributed by atoms with van der Waals surface area (Å²) in [5.41, 5.74) is 0.682. The average molecular weight is 515 g/mol. The molecule has 2 aromatic rings. The first-order valence-corrected chi connectivity index (χ1v) is 12.5. The molecule has 1 aromatic carbocycles. The number of hydrogen-bond acceptors (Lipinski definition) is 7. The third-order valence-electron chi connectivity index (χ3n) is 7.95. The maximum atomic E-state index is 12.7. The number of aromatic nitrogens is 2. The van der Waals surface area contributed by atoms with Crippen LogP contribution in [0.1, 0.15) is 50.2 Å². The van der Waals surface area contributed by atoms with Crippen molar-refractivity contribution in [3.05, 3.63) is 41.6 Å². The summed E-state index contributed by atoms with van der Waals surface area (Å²) < 4.78 is 42.3. The number of hydrogen-bond donors (Lipinski definition) is 3. The van der Waals surface area contributed by atoms with Crippen molar-refractivity contribution in [1.82, 2.24) is 15.3 Å². The molecule has 4 bridgehead atoms. The smallest absolute Gasteiger partial charge is 0.405 e. The van der Waals surface area contributed by atoms with Crippen molar-refractivity contribution >= 4 is 17.7 Å². The third-order valence-corrected chi connectivity index (χ3v) is 7.95. The van der Waals surface area contributed by atoms with Gasteiger partial charge in [-0.3, -0.25) is 4.79 Å². The van der Waals surface area contributed by atoms with Gasteiger partial charge in [0.05, 0.1) is 6.20 Å². The normalized spacial score (nSPS) is 27.9. The van der Waals surface area contributed by atoms with Gasteiger partial charge in [-0.25, -0.2) is 4.98 Å². The van der Waals surface area contributed by atoms with E-state index in [2.05, 4.69) is 36.7 Å². The Morgan fingerprint density at radius 2 is 1.92 bits per heavy atom. The number of ether oxygens (including phenoxy) is 1. The molecule has 1 amide bonds. The van der Waals surface area contributed by atoms with Crippen LogP contribution in [0.25, 0.3) is 0 Å². The number of carbonyl (C=O) groups excluding carboxylic acids is 1. The summed E-state index contributed by atoms with van der Waals surface area (Å²) in [5, 5.41) is 19.1. The van der Waals surface area contributed by atoms with E-state index < -0.39 is 6.36 Å². The Labute approximate surface area is 213 Å². The molecule has 4 aliphatic rings. The second kappa shape index (κ2) is 9.72. The Kier molecular flexibility index (Phi) is 6.60. The SMILES string of the molecule is CC(=O)N[C@@H]1[C@@H]2CC3C[C@H]1C[C@@](CNc1nc(NCc4ccccc4OC(F)(F)F)ncc1C#N)(C3)C2. The maximum Gasteiger partial charge on any atom is 0.573 e. The first-order valence-electron chi connectivity index (χ1n) is 12.5. The summed E-state index contributed by atoms with van der Waals surface area (Å²) in [7, 11) is 0. The van der Waals surface area contributed by atoms with Crippen LogP contribution >= 0.6 is 0 Å². The number of amides is 1. The largest absolute Gasteiger partial charge is 0.573 e. The highest BCUT2D eigenvalue weighted by Gasteiger charge is 2.55. The van der Waals surface area contributed by atoms with Crippen molar-refractivity contribution in [3.8, 4) is 11.8 Å². The molecule has 6 rings (SSSR count). The number of anilines is 2. The zero-order chi connectivity index (χ0) is 26.2. The number of carbonyl (C=O) groups is 1. The highest BCUT2D eigenvalue weighted by atomic mass is 19.4. The van der Waals surface area contributed by atoms with Gasteiger partial charge >= 0.3 is 6.36 Å². The van der Waals surface area contributed by atoms with Gasteiger partial charge in [0.1, 0.15) is 23.2 Å². The molecule has 0 aliphatic heterocycles. The zero-order valence-corrected chi connectivity index (χ0v) is 20.4. The summed E-state index contributed by atoms with van der Waals surface area (Å²) in [4.78, 5) is 20.3. The molecule has 196 valence electrons. The van der Waals surface area contributed by atoms with Crippen LogP contribution in [0.5, 0.6) is 5.75 Å². The molecule has 37 heavy (non-hydrogen) atoms. The van der Waals surface area contributed by atoms with Gasteiger partial charge in [0, 0.05) is 31.6 Å². The standard InChI is InChI=1S/C26H29F3N6O2/c1-15(36)34-22-18-6-16-7-19(22)10-25(8-16,9-18)14-33-23-20(11-30)13-32-24(35-23)31-12-17-4-2-3-5-21(17)37-26(27,28)29/h2-5,13,16,18-19,22H,6-10,12,14H2,1H3,(H,34,36)(H2,31,32,33,35)/t16?,18-,19+,22-,25-. The van der Waals surface area contributed by atoms with Crippen molar-refractivity contribution in [3.63, 3.8) is 0 Å². The monoisotopic (exact) mass is 514 g/mol. The fraction of sp³-hybridized carbons (Fsp3) is 0.538. The third kappa shape index (κ3) is 5.58. The van der Waals surface area contributed by atoms with E-state index in [1.54, 1.807) is 13.0 Å². The van der Waals surface area contributed by atoms with Crippen LogP contribution in [-0.4, -0.2) is 34.8 Å². The Hall–Kier alpha value is -3.55. The molecule has 0 radical (unpaired) electrons. The summed E-state index contributed by atoms with van der Waals surface area (Å²) >= 11 is 0. The van der Waals surface area contributed by atoms with Gasteiger partial charge in [-0.2, -0.15) is 10.2 Å². The zero-order valence-electron chi connectivity index (χ0n) is 20.4. The lowest BCUT2D eigenvalue weighted by molar-refractivity contribution is -0.274. The Bertz CT molecular complexity index is 1200. The molecule has 4 fully saturated rings. The van der Waals surface area contributed by atoms with E-state index in [4.69, 9.17) is 0 Å². The van der Waals surface area contributed by atoms with E-state index in [0.29, 0.717) is 41.2 Å². The molecule has 3 N–H and O–H groups in total. The second-order valence-electron chi connectivity index (χ2n) is 10.6. The Balaban J connectivity index is 1.27. The van der Waals surface area contributed by atoms with Gasteiger partial charge in [-0.1, -0.05) is 18.2 Å². The molecule has 11 heteroatoms. The Morgan fingerprint density at radius 1 is 1.19 bits per heavy atom. The first-order chi connectivity index (χ1) is 17.6. The number of alkyl halides is 3. The summed E-state index contributed by atoms with van der Waals surface area (Å²) in [6, 6.07) is 8.22. The summed E-state index contributed by atoms with van der Waals surface area (Å²) in [6.45, 7) is 2.25. The quantitative estimate of drug-likeness (QED) is 0.472. The van der Waals surface area contributed by atoms with Crippen LogP contribution < -0.4 is 20.7 Å². The number of nitriles is 1. The van der Waals surface area contributed by atoms with E-state index in [1.807, 2.05) is 0 Å². The van der Waals surface area contributed by atoms with Gasteiger partial charge in [0.2, 0.25) is 11.9 Å². The molecule has 0 saturated heterocycles. The molecule has 1 unspecified atom stereocenters. The van der Waals surface area contributed by atoms with Crippen molar-refractivity contribution in [2.75, 3.05) is 17.2 Å². The van der Waals surface area contributed by atoms with Gasteiger partial charge in [-0.15, -0.1) is 13.2 Å². The number of nitrogens with zero attached hydrogens (tertiary/aromatic N) is 3. The van der Waals surface area contributed by atoms with Crippen LogP contribution in [0, 0.1) is 34.5 Å². The summed E-state index contributed by atoms with van der Waals surface area (Å²) in [5.74, 6) is 1.91. The van der Waals surface area contributed by atoms with Crippen molar-refractivity contribution in [1.29, 1.82) is 5.26 Å². The predicted octanol–water partition coefficient (Wildman–Crippen LogP) is 4.60. The molecule has 4 saturated carbocycles. The fourth-order valence-corrected chi connectivity index (χ4v) is 6.88. The second-order valence-corrected chi connectivity index (χ2v) is 10.6. The van der Waals surface area contributed by atoms with Crippen molar-refractivity contribution < 1.29 is 22.7 Å². The van der Waals surface area contributed by atoms with Crippen LogP contribution in [0.3, 0.4) is 0 Å². The van der Waals surface area contributed by atoms with Crippen molar-refractivity contribution in [2.45, 2.75) is 58.0 Å². The van der Waals surface area contributed by atoms with Gasteiger partial charge in [0.15, 0.2) is 0 Å². The lowest BCUT2D eigenvalue weighted by Gasteiger charge is -2.60. The maximum absolute atomic E-state index is 12.7. The molecule has 8 nitrogen and oxygen atoms in total. The lowest BCUT2D eigenvalue weighted by Crippen LogP contribution is -2.60. The molecule has 5 atom stereocenters. The predicted molar refractivity (Wildman–Crippen MR) is 129 cm³/mol. The molecule has 1 heterocycles. The highest BCUT2D eigenvalue weighted by Crippen LogP contribution is 2.60. The topological polar surface area (TPSA) is 112 Å². The van der Waals surface area contributed by atoms with E-state index in [1.165, 1.54) is 24.4 Å². The highest BCUT2D eigenvalue weighted by molar-refractivity contribution is 5.73. The molecule has 1 aromatic heterocycles. The number of halogens is 3. The van der Waals surface area contributed by atoms with Crippen LogP contribution in [0.15, 0.2) is 30.5 Å². The minimum absolute atomic E-state index is 0.0110. The number of rotatable bonds is 8. The molecular formula is C26H29F3N6O2. The lowest BCUT2D eigenvalue weighted by atomic mass is 9.48. The minimum atomic E-state index is -4.79.